The Labute approximate surface area is 190 Å². The first kappa shape index (κ1) is 22.3. The standard InChI is InChI=1S/C26H32N2O4/c1-31-23-9-5-8-22(14-23)19-32-24-16-27(13-12-20-6-3-2-4-7-20)26(30)18-28(17-24)25(29)15-21-10-11-21/h2-9,14,21,24H,10-13,15-19H2,1H3/t24-/m1/s1. The molecule has 6 nitrogen and oxygen atoms in total. The fraction of sp³-hybridized carbons (Fsp3) is 0.462. The predicted octanol–water partition coefficient (Wildman–Crippen LogP) is 3.29. The zero-order valence-corrected chi connectivity index (χ0v) is 18.7. The lowest BCUT2D eigenvalue weighted by Crippen LogP contribution is -2.40. The molecule has 0 radical (unpaired) electrons. The second kappa shape index (κ2) is 10.6. The Morgan fingerprint density at radius 3 is 2.56 bits per heavy atom. The molecule has 1 atom stereocenters. The molecule has 1 saturated carbocycles. The third-order valence-corrected chi connectivity index (χ3v) is 6.17. The first-order valence-electron chi connectivity index (χ1n) is 11.4. The summed E-state index contributed by atoms with van der Waals surface area (Å²) >= 11 is 0. The van der Waals surface area contributed by atoms with E-state index in [-0.39, 0.29) is 24.5 Å². The highest BCUT2D eigenvalue weighted by molar-refractivity contribution is 5.85. The second-order valence-electron chi connectivity index (χ2n) is 8.78. The Morgan fingerprint density at radius 2 is 1.81 bits per heavy atom. The van der Waals surface area contributed by atoms with Gasteiger partial charge in [-0.15, -0.1) is 0 Å². The van der Waals surface area contributed by atoms with Crippen LogP contribution in [0.5, 0.6) is 5.75 Å². The third kappa shape index (κ3) is 6.33. The molecule has 32 heavy (non-hydrogen) atoms. The van der Waals surface area contributed by atoms with Gasteiger partial charge in [0.1, 0.15) is 5.75 Å². The summed E-state index contributed by atoms with van der Waals surface area (Å²) in [5.41, 5.74) is 2.20. The molecule has 0 bridgehead atoms. The van der Waals surface area contributed by atoms with Crippen LogP contribution >= 0.6 is 0 Å². The van der Waals surface area contributed by atoms with Crippen LogP contribution in [0, 0.1) is 5.92 Å². The van der Waals surface area contributed by atoms with Gasteiger partial charge in [-0.2, -0.15) is 0 Å². The fourth-order valence-corrected chi connectivity index (χ4v) is 4.07. The summed E-state index contributed by atoms with van der Waals surface area (Å²) in [5, 5.41) is 0. The third-order valence-electron chi connectivity index (χ3n) is 6.17. The topological polar surface area (TPSA) is 59.1 Å². The van der Waals surface area contributed by atoms with E-state index in [1.807, 2.05) is 47.4 Å². The molecular formula is C26H32N2O4. The molecule has 0 spiro atoms. The van der Waals surface area contributed by atoms with E-state index < -0.39 is 0 Å². The number of benzene rings is 2. The number of carbonyl (C=O) groups excluding carboxylic acids is 2. The minimum Gasteiger partial charge on any atom is -0.497 e. The van der Waals surface area contributed by atoms with Gasteiger partial charge >= 0.3 is 0 Å². The lowest BCUT2D eigenvalue weighted by Gasteiger charge is -2.25. The van der Waals surface area contributed by atoms with Crippen molar-refractivity contribution in [3.05, 3.63) is 65.7 Å². The van der Waals surface area contributed by atoms with Gasteiger partial charge in [0.2, 0.25) is 11.8 Å². The number of rotatable bonds is 9. The van der Waals surface area contributed by atoms with Crippen molar-refractivity contribution in [1.82, 2.24) is 9.80 Å². The summed E-state index contributed by atoms with van der Waals surface area (Å²) in [6.45, 7) is 2.10. The van der Waals surface area contributed by atoms with Crippen molar-refractivity contribution >= 4 is 11.8 Å². The number of hydrogen-bond acceptors (Lipinski definition) is 4. The molecule has 1 saturated heterocycles. The average Bonchev–Trinajstić information content (AvgIpc) is 3.65. The summed E-state index contributed by atoms with van der Waals surface area (Å²) in [6.07, 6.45) is 3.33. The zero-order chi connectivity index (χ0) is 22.3. The van der Waals surface area contributed by atoms with Crippen LogP contribution in [0.2, 0.25) is 0 Å². The van der Waals surface area contributed by atoms with Gasteiger partial charge in [0.25, 0.3) is 0 Å². The molecule has 1 heterocycles. The number of ether oxygens (including phenoxy) is 2. The molecule has 0 aromatic heterocycles. The van der Waals surface area contributed by atoms with Crippen LogP contribution in [0.15, 0.2) is 54.6 Å². The molecule has 1 aliphatic carbocycles. The van der Waals surface area contributed by atoms with Gasteiger partial charge in [0.05, 0.1) is 26.4 Å². The van der Waals surface area contributed by atoms with Crippen LogP contribution in [0.3, 0.4) is 0 Å². The lowest BCUT2D eigenvalue weighted by atomic mass is 10.1. The van der Waals surface area contributed by atoms with Crippen molar-refractivity contribution in [2.75, 3.05) is 33.3 Å². The van der Waals surface area contributed by atoms with E-state index in [9.17, 15) is 9.59 Å². The molecule has 2 amide bonds. The highest BCUT2D eigenvalue weighted by atomic mass is 16.5. The zero-order valence-electron chi connectivity index (χ0n) is 18.7. The highest BCUT2D eigenvalue weighted by Crippen LogP contribution is 2.33. The van der Waals surface area contributed by atoms with Crippen molar-refractivity contribution in [3.8, 4) is 5.75 Å². The molecule has 6 heteroatoms. The van der Waals surface area contributed by atoms with Gasteiger partial charge in [-0.3, -0.25) is 9.59 Å². The Kier molecular flexibility index (Phi) is 7.43. The molecule has 4 rings (SSSR count). The summed E-state index contributed by atoms with van der Waals surface area (Å²) in [5.74, 6) is 1.34. The number of amides is 2. The van der Waals surface area contributed by atoms with Crippen LogP contribution < -0.4 is 4.74 Å². The maximum atomic E-state index is 13.0. The first-order chi connectivity index (χ1) is 15.6. The van der Waals surface area contributed by atoms with E-state index in [4.69, 9.17) is 9.47 Å². The second-order valence-corrected chi connectivity index (χ2v) is 8.78. The number of hydrogen-bond donors (Lipinski definition) is 0. The summed E-state index contributed by atoms with van der Waals surface area (Å²) in [6, 6.07) is 17.9. The number of nitrogens with zero attached hydrogens (tertiary/aromatic N) is 2. The quantitative estimate of drug-likeness (QED) is 0.605. The van der Waals surface area contributed by atoms with Crippen LogP contribution in [-0.2, 0) is 27.4 Å². The Hall–Kier alpha value is -2.86. The molecule has 170 valence electrons. The van der Waals surface area contributed by atoms with Crippen molar-refractivity contribution in [2.45, 2.75) is 38.4 Å². The maximum Gasteiger partial charge on any atom is 0.242 e. The predicted molar refractivity (Wildman–Crippen MR) is 122 cm³/mol. The van der Waals surface area contributed by atoms with Gasteiger partial charge in [-0.05, 0) is 48.4 Å². The SMILES string of the molecule is COc1cccc(CO[C@@H]2CN(CCc3ccccc3)C(=O)CN(C(=O)CC3CC3)C2)c1. The average molecular weight is 437 g/mol. The van der Waals surface area contributed by atoms with Gasteiger partial charge in [0.15, 0.2) is 0 Å². The lowest BCUT2D eigenvalue weighted by molar-refractivity contribution is -0.139. The summed E-state index contributed by atoms with van der Waals surface area (Å²) in [7, 11) is 1.64. The fourth-order valence-electron chi connectivity index (χ4n) is 4.07. The minimum atomic E-state index is -0.230. The van der Waals surface area contributed by atoms with Crippen LogP contribution in [0.4, 0.5) is 0 Å². The summed E-state index contributed by atoms with van der Waals surface area (Å²) < 4.78 is 11.5. The smallest absolute Gasteiger partial charge is 0.242 e. The molecule has 1 aliphatic heterocycles. The Balaban J connectivity index is 1.43. The van der Waals surface area contributed by atoms with Crippen molar-refractivity contribution in [2.24, 2.45) is 5.92 Å². The van der Waals surface area contributed by atoms with Crippen LogP contribution in [-0.4, -0.2) is 61.0 Å². The van der Waals surface area contributed by atoms with Crippen LogP contribution in [0.1, 0.15) is 30.4 Å². The largest absolute Gasteiger partial charge is 0.497 e. The van der Waals surface area contributed by atoms with Crippen molar-refractivity contribution in [3.63, 3.8) is 0 Å². The molecule has 2 fully saturated rings. The van der Waals surface area contributed by atoms with Gasteiger partial charge in [-0.25, -0.2) is 0 Å². The Bertz CT molecular complexity index is 913. The Morgan fingerprint density at radius 1 is 1.03 bits per heavy atom. The normalized spacial score (nSPS) is 19.0. The van der Waals surface area contributed by atoms with E-state index in [0.717, 1.165) is 30.6 Å². The first-order valence-corrected chi connectivity index (χ1v) is 11.4. The monoisotopic (exact) mass is 436 g/mol. The molecule has 2 aromatic carbocycles. The molecular weight excluding hydrogens is 404 g/mol. The van der Waals surface area contributed by atoms with Gasteiger partial charge < -0.3 is 19.3 Å². The summed E-state index contributed by atoms with van der Waals surface area (Å²) in [4.78, 5) is 29.4. The van der Waals surface area contributed by atoms with Crippen molar-refractivity contribution < 1.29 is 19.1 Å². The molecule has 0 unspecified atom stereocenters. The van der Waals surface area contributed by atoms with E-state index in [2.05, 4.69) is 12.1 Å². The maximum absolute atomic E-state index is 13.0. The van der Waals surface area contributed by atoms with E-state index in [0.29, 0.717) is 38.6 Å². The number of carbonyl (C=O) groups is 2. The van der Waals surface area contributed by atoms with E-state index in [1.54, 1.807) is 12.0 Å². The van der Waals surface area contributed by atoms with Gasteiger partial charge in [0, 0.05) is 26.1 Å². The molecule has 2 aliphatic rings. The molecule has 0 N–H and O–H groups in total. The highest BCUT2D eigenvalue weighted by Gasteiger charge is 2.33. The minimum absolute atomic E-state index is 0.00226. The molecule has 2 aromatic rings. The van der Waals surface area contributed by atoms with Gasteiger partial charge in [-0.1, -0.05) is 42.5 Å². The van der Waals surface area contributed by atoms with E-state index >= 15 is 0 Å². The van der Waals surface area contributed by atoms with Crippen LogP contribution in [0.25, 0.3) is 0 Å². The number of methoxy groups -OCH3 is 1. The van der Waals surface area contributed by atoms with E-state index in [1.165, 1.54) is 5.56 Å². The van der Waals surface area contributed by atoms with Crippen molar-refractivity contribution in [1.29, 1.82) is 0 Å².